The Balaban J connectivity index is 1.70. The van der Waals surface area contributed by atoms with Crippen molar-refractivity contribution in [3.63, 3.8) is 0 Å². The summed E-state index contributed by atoms with van der Waals surface area (Å²) in [5.74, 6) is -3.59. The first-order chi connectivity index (χ1) is 24.0. The maximum atomic E-state index is 15.3. The van der Waals surface area contributed by atoms with Gasteiger partial charge in [-0.3, -0.25) is 9.59 Å². The molecule has 9 nitrogen and oxygen atoms in total. The molecule has 5 aromatic rings. The molecule has 4 N–H and O–H groups in total. The number of para-hydroxylation sites is 1. The number of anilines is 1. The summed E-state index contributed by atoms with van der Waals surface area (Å²) in [6.07, 6.45) is -2.89. The van der Waals surface area contributed by atoms with Gasteiger partial charge in [0.15, 0.2) is 11.6 Å². The van der Waals surface area contributed by atoms with Crippen molar-refractivity contribution in [3.8, 4) is 28.1 Å². The molecule has 4 aromatic carbocycles. The number of esters is 1. The number of carbonyl (C=O) groups is 3. The molecule has 0 fully saturated rings. The highest BCUT2D eigenvalue weighted by molar-refractivity contribution is 6.12. The molecule has 1 heterocycles. The Morgan fingerprint density at radius 1 is 0.820 bits per heavy atom. The van der Waals surface area contributed by atoms with Crippen LogP contribution in [0.5, 0.6) is 5.75 Å². The molecule has 0 unspecified atom stereocenters. The number of aliphatic hydroxyl groups excluding tert-OH is 2. The number of rotatable bonds is 14. The van der Waals surface area contributed by atoms with Gasteiger partial charge < -0.3 is 29.9 Å². The van der Waals surface area contributed by atoms with Gasteiger partial charge in [-0.2, -0.15) is 0 Å². The number of hydrogen-bond donors (Lipinski definition) is 4. The van der Waals surface area contributed by atoms with Crippen molar-refractivity contribution < 1.29 is 38.8 Å². The number of amides is 1. The van der Waals surface area contributed by atoms with Crippen molar-refractivity contribution in [1.29, 1.82) is 0 Å². The van der Waals surface area contributed by atoms with Crippen LogP contribution >= 0.6 is 0 Å². The molecule has 50 heavy (non-hydrogen) atoms. The largest absolute Gasteiger partial charge is 0.481 e. The molecule has 2 atom stereocenters. The number of aliphatic carboxylic acids is 1. The zero-order valence-electron chi connectivity index (χ0n) is 27.8. The number of nitrogens with one attached hydrogen (secondary N) is 1. The van der Waals surface area contributed by atoms with Crippen LogP contribution in [0.4, 0.5) is 10.1 Å². The predicted molar refractivity (Wildman–Crippen MR) is 189 cm³/mol. The first kappa shape index (κ1) is 35.7. The zero-order valence-corrected chi connectivity index (χ0v) is 27.8. The highest BCUT2D eigenvalue weighted by Crippen LogP contribution is 2.43. The Hall–Kier alpha value is -5.58. The van der Waals surface area contributed by atoms with E-state index in [1.54, 1.807) is 48.5 Å². The summed E-state index contributed by atoms with van der Waals surface area (Å²) in [6, 6.07) is 30.7. The lowest BCUT2D eigenvalue weighted by molar-refractivity contribution is -0.139. The fourth-order valence-electron chi connectivity index (χ4n) is 6.06. The number of halogens is 1. The molecule has 1 amide bonds. The van der Waals surface area contributed by atoms with Crippen LogP contribution < -0.4 is 10.1 Å². The highest BCUT2D eigenvalue weighted by Gasteiger charge is 2.31. The molecule has 0 spiro atoms. The number of hydrogen-bond acceptors (Lipinski definition) is 6. The summed E-state index contributed by atoms with van der Waals surface area (Å²) in [5, 5.41) is 33.2. The minimum absolute atomic E-state index is 0.100. The molecule has 0 aliphatic rings. The Labute approximate surface area is 289 Å². The van der Waals surface area contributed by atoms with E-state index in [1.165, 1.54) is 12.1 Å². The molecule has 0 saturated heterocycles. The van der Waals surface area contributed by atoms with Gasteiger partial charge in [-0.15, -0.1) is 0 Å². The fraction of sp³-hybridized carbons (Fsp3) is 0.225. The molecule has 0 aliphatic carbocycles. The predicted octanol–water partition coefficient (Wildman–Crippen LogP) is 7.53. The van der Waals surface area contributed by atoms with Crippen LogP contribution in [0, 0.1) is 5.82 Å². The summed E-state index contributed by atoms with van der Waals surface area (Å²) in [7, 11) is 0. The molecule has 258 valence electrons. The second-order valence-corrected chi connectivity index (χ2v) is 12.3. The Kier molecular flexibility index (Phi) is 11.6. The van der Waals surface area contributed by atoms with E-state index in [0.717, 1.165) is 0 Å². The quantitative estimate of drug-likeness (QED) is 0.0704. The average molecular weight is 679 g/mol. The minimum Gasteiger partial charge on any atom is -0.481 e. The van der Waals surface area contributed by atoms with Gasteiger partial charge in [0, 0.05) is 29.1 Å². The minimum atomic E-state index is -1.25. The number of nitrogens with zero attached hydrogens (tertiary/aromatic N) is 1. The molecule has 0 bridgehead atoms. The Bertz CT molecular complexity index is 1940. The summed E-state index contributed by atoms with van der Waals surface area (Å²) < 4.78 is 22.7. The third kappa shape index (κ3) is 8.52. The van der Waals surface area contributed by atoms with Gasteiger partial charge in [0.05, 0.1) is 35.4 Å². The van der Waals surface area contributed by atoms with Crippen LogP contribution in [0.3, 0.4) is 0 Å². The Morgan fingerprint density at radius 2 is 1.44 bits per heavy atom. The molecular weight excluding hydrogens is 639 g/mol. The molecule has 1 aromatic heterocycles. The number of benzene rings is 4. The fourth-order valence-corrected chi connectivity index (χ4v) is 6.06. The molecule has 10 heteroatoms. The first-order valence-electron chi connectivity index (χ1n) is 16.4. The molecule has 5 rings (SSSR count). The monoisotopic (exact) mass is 678 g/mol. The summed E-state index contributed by atoms with van der Waals surface area (Å²) in [5.41, 5.74) is 4.05. The van der Waals surface area contributed by atoms with Gasteiger partial charge in [0.2, 0.25) is 0 Å². The molecule has 0 saturated carbocycles. The van der Waals surface area contributed by atoms with E-state index >= 15 is 4.39 Å². The number of carboxylic acid groups (broad SMARTS) is 1. The third-order valence-corrected chi connectivity index (χ3v) is 8.23. The van der Waals surface area contributed by atoms with Crippen molar-refractivity contribution in [1.82, 2.24) is 4.57 Å². The lowest BCUT2D eigenvalue weighted by atomic mass is 9.94. The van der Waals surface area contributed by atoms with Gasteiger partial charge in [-0.05, 0) is 66.8 Å². The van der Waals surface area contributed by atoms with Crippen molar-refractivity contribution in [2.45, 2.75) is 57.8 Å². The van der Waals surface area contributed by atoms with E-state index in [0.29, 0.717) is 39.3 Å². The van der Waals surface area contributed by atoms with E-state index in [-0.39, 0.29) is 42.5 Å². The SMILES string of the molecule is CC(C)c1c(C(=O)Nc2ccccc2)c(-c2ccccc2)c(-c2ccc(F)c(OC(=O)c3ccccc3)c2)n1CC[C@@H](O)C[C@@H](O)CC(=O)O. The van der Waals surface area contributed by atoms with Crippen LogP contribution in [0.25, 0.3) is 22.4 Å². The number of aliphatic hydroxyl groups is 2. The first-order valence-corrected chi connectivity index (χ1v) is 16.4. The maximum absolute atomic E-state index is 15.3. The second kappa shape index (κ2) is 16.2. The summed E-state index contributed by atoms with van der Waals surface area (Å²) in [6.45, 7) is 4.03. The van der Waals surface area contributed by atoms with E-state index in [4.69, 9.17) is 9.84 Å². The van der Waals surface area contributed by atoms with Crippen molar-refractivity contribution in [3.05, 3.63) is 132 Å². The van der Waals surface area contributed by atoms with Crippen molar-refractivity contribution in [2.24, 2.45) is 0 Å². The van der Waals surface area contributed by atoms with Crippen molar-refractivity contribution >= 4 is 23.5 Å². The van der Waals surface area contributed by atoms with Gasteiger partial charge in [0.1, 0.15) is 0 Å². The zero-order chi connectivity index (χ0) is 35.8. The number of ether oxygens (including phenoxy) is 1. The van der Waals surface area contributed by atoms with Crippen LogP contribution in [-0.2, 0) is 11.3 Å². The average Bonchev–Trinajstić information content (AvgIpc) is 3.45. The van der Waals surface area contributed by atoms with E-state index in [1.807, 2.05) is 66.9 Å². The lowest BCUT2D eigenvalue weighted by Crippen LogP contribution is -2.22. The van der Waals surface area contributed by atoms with Gasteiger partial charge in [0.25, 0.3) is 5.91 Å². The molecule has 0 aliphatic heterocycles. The third-order valence-electron chi connectivity index (χ3n) is 8.23. The van der Waals surface area contributed by atoms with Crippen molar-refractivity contribution in [2.75, 3.05) is 5.32 Å². The van der Waals surface area contributed by atoms with Crippen LogP contribution in [0.15, 0.2) is 109 Å². The number of carboxylic acids is 1. The summed E-state index contributed by atoms with van der Waals surface area (Å²) in [4.78, 5) is 38.4. The van der Waals surface area contributed by atoms with E-state index < -0.39 is 36.4 Å². The van der Waals surface area contributed by atoms with Gasteiger partial charge in [-0.25, -0.2) is 9.18 Å². The van der Waals surface area contributed by atoms with Crippen LogP contribution in [0.2, 0.25) is 0 Å². The van der Waals surface area contributed by atoms with Gasteiger partial charge >= 0.3 is 11.9 Å². The van der Waals surface area contributed by atoms with E-state index in [2.05, 4.69) is 5.32 Å². The van der Waals surface area contributed by atoms with Crippen LogP contribution in [0.1, 0.15) is 65.4 Å². The Morgan fingerprint density at radius 3 is 2.06 bits per heavy atom. The summed E-state index contributed by atoms with van der Waals surface area (Å²) >= 11 is 0. The number of carbonyl (C=O) groups excluding carboxylic acids is 2. The highest BCUT2D eigenvalue weighted by atomic mass is 19.1. The smallest absolute Gasteiger partial charge is 0.343 e. The van der Waals surface area contributed by atoms with Crippen LogP contribution in [-0.4, -0.2) is 49.9 Å². The lowest BCUT2D eigenvalue weighted by Gasteiger charge is -2.20. The second-order valence-electron chi connectivity index (χ2n) is 12.3. The molecule has 0 radical (unpaired) electrons. The van der Waals surface area contributed by atoms with E-state index in [9.17, 15) is 24.6 Å². The maximum Gasteiger partial charge on any atom is 0.343 e. The number of aromatic nitrogens is 1. The molecular formula is C40H39FN2O7. The van der Waals surface area contributed by atoms with Gasteiger partial charge in [-0.1, -0.05) is 80.6 Å². The topological polar surface area (TPSA) is 138 Å². The normalized spacial score (nSPS) is 12.4. The standard InChI is InChI=1S/C40H39FN2O7/c1-25(2)37-36(39(48)42-29-16-10-5-11-17-29)35(26-12-6-3-7-13-26)38(43(37)21-20-30(44)23-31(45)24-34(46)47)28-18-19-32(41)33(22-28)50-40(49)27-14-8-4-9-15-27/h3-19,22,25,30-31,44-45H,20-21,23-24H2,1-2H3,(H,42,48)(H,46,47)/t30-,31-/m1/s1.